The molecule has 0 fully saturated rings. The van der Waals surface area contributed by atoms with Gasteiger partial charge in [-0.25, -0.2) is 4.79 Å². The van der Waals surface area contributed by atoms with Gasteiger partial charge < -0.3 is 4.42 Å². The molecule has 0 aliphatic carbocycles. The van der Waals surface area contributed by atoms with Gasteiger partial charge >= 0.3 is 5.63 Å². The average molecular weight is 201 g/mol. The Balaban J connectivity index is 2.81. The van der Waals surface area contributed by atoms with Gasteiger partial charge in [0.1, 0.15) is 11.3 Å². The molecular weight excluding hydrogens is 194 g/mol. The summed E-state index contributed by atoms with van der Waals surface area (Å²) in [6.45, 7) is 1.90. The van der Waals surface area contributed by atoms with E-state index in [2.05, 4.69) is 10.0 Å². The third kappa shape index (κ3) is 1.68. The van der Waals surface area contributed by atoms with Crippen molar-refractivity contribution in [1.82, 2.24) is 0 Å². The molecule has 0 bridgehead atoms. The number of fused-ring (bicyclic) bond motifs is 1. The van der Waals surface area contributed by atoms with Gasteiger partial charge in [-0.15, -0.1) is 0 Å². The van der Waals surface area contributed by atoms with Gasteiger partial charge in [0.2, 0.25) is 0 Å². The second-order valence-electron chi connectivity index (χ2n) is 3.15. The molecule has 5 nitrogen and oxygen atoms in total. The van der Waals surface area contributed by atoms with Gasteiger partial charge in [-0.05, 0) is 30.2 Å². The molecule has 0 N–H and O–H groups in total. The molecule has 74 valence electrons. The summed E-state index contributed by atoms with van der Waals surface area (Å²) in [6.07, 6.45) is 0. The van der Waals surface area contributed by atoms with Gasteiger partial charge in [-0.1, -0.05) is 17.2 Å². The third-order valence-corrected chi connectivity index (χ3v) is 2.03. The molecule has 1 heterocycles. The Hall–Kier alpha value is -2.26. The minimum atomic E-state index is -0.620. The van der Waals surface area contributed by atoms with Crippen LogP contribution in [0.5, 0.6) is 0 Å². The lowest BCUT2D eigenvalue weighted by molar-refractivity contribution is 0.562. The zero-order chi connectivity index (χ0) is 10.8. The Kier molecular flexibility index (Phi) is 2.15. The second kappa shape index (κ2) is 3.48. The maximum atomic E-state index is 11.3. The zero-order valence-electron chi connectivity index (χ0n) is 7.97. The van der Waals surface area contributed by atoms with Crippen LogP contribution in [0.15, 0.2) is 38.6 Å². The topological polar surface area (TPSA) is 79.0 Å². The van der Waals surface area contributed by atoms with E-state index < -0.39 is 5.63 Å². The van der Waals surface area contributed by atoms with Crippen molar-refractivity contribution in [2.24, 2.45) is 5.11 Å². The van der Waals surface area contributed by atoms with Crippen molar-refractivity contribution in [1.29, 1.82) is 0 Å². The maximum absolute atomic E-state index is 11.3. The molecule has 2 aromatic rings. The van der Waals surface area contributed by atoms with E-state index in [1.165, 1.54) is 6.07 Å². The van der Waals surface area contributed by atoms with Crippen LogP contribution in [0.4, 0.5) is 5.69 Å². The maximum Gasteiger partial charge on any atom is 0.345 e. The molecule has 0 saturated heterocycles. The molecule has 15 heavy (non-hydrogen) atoms. The second-order valence-corrected chi connectivity index (χ2v) is 3.15. The van der Waals surface area contributed by atoms with Crippen LogP contribution in [-0.2, 0) is 0 Å². The van der Waals surface area contributed by atoms with Crippen molar-refractivity contribution in [2.45, 2.75) is 6.92 Å². The number of azide groups is 1. The van der Waals surface area contributed by atoms with E-state index in [0.717, 1.165) is 10.9 Å². The van der Waals surface area contributed by atoms with E-state index in [-0.39, 0.29) is 5.69 Å². The number of nitrogens with zero attached hydrogens (tertiary/aromatic N) is 3. The Morgan fingerprint density at radius 2 is 2.20 bits per heavy atom. The number of hydrogen-bond acceptors (Lipinski definition) is 3. The van der Waals surface area contributed by atoms with Crippen LogP contribution in [-0.4, -0.2) is 0 Å². The smallest absolute Gasteiger partial charge is 0.345 e. The molecule has 0 spiro atoms. The molecule has 1 aromatic heterocycles. The zero-order valence-corrected chi connectivity index (χ0v) is 7.97. The first-order valence-corrected chi connectivity index (χ1v) is 4.30. The molecule has 5 heteroatoms. The van der Waals surface area contributed by atoms with Crippen LogP contribution < -0.4 is 5.63 Å². The lowest BCUT2D eigenvalue weighted by Crippen LogP contribution is -1.96. The first-order chi connectivity index (χ1) is 7.20. The van der Waals surface area contributed by atoms with E-state index in [0.29, 0.717) is 5.58 Å². The van der Waals surface area contributed by atoms with Crippen LogP contribution in [0, 0.1) is 6.92 Å². The van der Waals surface area contributed by atoms with Crippen LogP contribution >= 0.6 is 0 Å². The van der Waals surface area contributed by atoms with E-state index in [4.69, 9.17) is 9.95 Å². The summed E-state index contributed by atoms with van der Waals surface area (Å²) >= 11 is 0. The number of aryl methyl sites for hydroxylation is 1. The molecule has 0 atom stereocenters. The van der Waals surface area contributed by atoms with Crippen molar-refractivity contribution in [3.05, 3.63) is 50.7 Å². The van der Waals surface area contributed by atoms with E-state index in [1.54, 1.807) is 6.07 Å². The lowest BCUT2D eigenvalue weighted by Gasteiger charge is -1.98. The summed E-state index contributed by atoms with van der Waals surface area (Å²) in [5.74, 6) is 0. The number of rotatable bonds is 1. The highest BCUT2D eigenvalue weighted by molar-refractivity contribution is 5.79. The number of benzene rings is 1. The Bertz CT molecular complexity index is 624. The van der Waals surface area contributed by atoms with Crippen molar-refractivity contribution in [3.8, 4) is 0 Å². The monoisotopic (exact) mass is 201 g/mol. The molecule has 0 unspecified atom stereocenters. The van der Waals surface area contributed by atoms with Crippen LogP contribution in [0.1, 0.15) is 5.56 Å². The normalized spacial score (nSPS) is 9.93. The Morgan fingerprint density at radius 3 is 2.93 bits per heavy atom. The van der Waals surface area contributed by atoms with Crippen molar-refractivity contribution < 1.29 is 4.42 Å². The van der Waals surface area contributed by atoms with E-state index in [1.807, 2.05) is 19.1 Å². The van der Waals surface area contributed by atoms with Crippen LogP contribution in [0.2, 0.25) is 0 Å². The number of hydrogen-bond donors (Lipinski definition) is 0. The molecule has 1 aromatic carbocycles. The van der Waals surface area contributed by atoms with Crippen molar-refractivity contribution in [2.75, 3.05) is 0 Å². The SMILES string of the molecule is Cc1ccc2cc(N=[N+]=[N-])c(=O)oc2c1. The largest absolute Gasteiger partial charge is 0.422 e. The molecule has 0 radical (unpaired) electrons. The highest BCUT2D eigenvalue weighted by atomic mass is 16.4. The predicted molar refractivity (Wildman–Crippen MR) is 56.0 cm³/mol. The summed E-state index contributed by atoms with van der Waals surface area (Å²) in [4.78, 5) is 13.9. The molecule has 0 saturated carbocycles. The van der Waals surface area contributed by atoms with Crippen LogP contribution in [0.25, 0.3) is 21.4 Å². The quantitative estimate of drug-likeness (QED) is 0.307. The molecule has 2 rings (SSSR count). The fourth-order valence-electron chi connectivity index (χ4n) is 1.33. The lowest BCUT2D eigenvalue weighted by atomic mass is 10.2. The summed E-state index contributed by atoms with van der Waals surface area (Å²) < 4.78 is 5.01. The Morgan fingerprint density at radius 1 is 1.40 bits per heavy atom. The van der Waals surface area contributed by atoms with E-state index in [9.17, 15) is 4.79 Å². The van der Waals surface area contributed by atoms with Crippen molar-refractivity contribution in [3.63, 3.8) is 0 Å². The average Bonchev–Trinajstić information content (AvgIpc) is 2.20. The standard InChI is InChI=1S/C10H7N3O2/c1-6-2-3-7-5-8(12-13-11)10(14)15-9(7)4-6/h2-5H,1H3. The minimum absolute atomic E-state index is 0.0196. The third-order valence-electron chi connectivity index (χ3n) is 2.03. The van der Waals surface area contributed by atoms with Gasteiger partial charge in [0.15, 0.2) is 0 Å². The van der Waals surface area contributed by atoms with Gasteiger partial charge in [0.05, 0.1) is 0 Å². The summed E-state index contributed by atoms with van der Waals surface area (Å²) in [5.41, 5.74) is 9.10. The molecule has 0 aliphatic heterocycles. The Labute approximate surface area is 84.6 Å². The van der Waals surface area contributed by atoms with Gasteiger partial charge in [-0.2, -0.15) is 0 Å². The van der Waals surface area contributed by atoms with Crippen molar-refractivity contribution >= 4 is 16.7 Å². The van der Waals surface area contributed by atoms with Crippen LogP contribution in [0.3, 0.4) is 0 Å². The molecule has 0 amide bonds. The minimum Gasteiger partial charge on any atom is -0.422 e. The van der Waals surface area contributed by atoms with Gasteiger partial charge in [0.25, 0.3) is 0 Å². The summed E-state index contributed by atoms with van der Waals surface area (Å²) in [6, 6.07) is 6.98. The highest BCUT2D eigenvalue weighted by Crippen LogP contribution is 2.18. The fourth-order valence-corrected chi connectivity index (χ4v) is 1.33. The first kappa shape index (κ1) is 9.30. The fraction of sp³-hybridized carbons (Fsp3) is 0.100. The predicted octanol–water partition coefficient (Wildman–Crippen LogP) is 3.04. The molecular formula is C10H7N3O2. The summed E-state index contributed by atoms with van der Waals surface area (Å²) in [5, 5.41) is 3.99. The van der Waals surface area contributed by atoms with Gasteiger partial charge in [0, 0.05) is 10.3 Å². The van der Waals surface area contributed by atoms with Gasteiger partial charge in [-0.3, -0.25) is 0 Å². The van der Waals surface area contributed by atoms with E-state index >= 15 is 0 Å². The summed E-state index contributed by atoms with van der Waals surface area (Å²) in [7, 11) is 0. The highest BCUT2D eigenvalue weighted by Gasteiger charge is 2.02. The first-order valence-electron chi connectivity index (χ1n) is 4.30. The molecule has 0 aliphatic rings.